The Hall–Kier alpha value is -1.57. The standard InChI is InChI=1S/C16H22O2/c1-4-6-9-13(3)12-14-10-7-8-11-15(14)16(17)18-5-2/h5,7-8,10-11,13H,2,4,6,9,12H2,1,3H3. The van der Waals surface area contributed by atoms with Gasteiger partial charge in [0.2, 0.25) is 0 Å². The molecule has 0 fully saturated rings. The van der Waals surface area contributed by atoms with Crippen LogP contribution in [0.2, 0.25) is 0 Å². The third kappa shape index (κ3) is 4.36. The monoisotopic (exact) mass is 246 g/mol. The molecule has 1 atom stereocenters. The first-order chi connectivity index (χ1) is 8.69. The average molecular weight is 246 g/mol. The van der Waals surface area contributed by atoms with E-state index in [9.17, 15) is 4.79 Å². The molecule has 0 N–H and O–H groups in total. The quantitative estimate of drug-likeness (QED) is 0.528. The highest BCUT2D eigenvalue weighted by molar-refractivity contribution is 5.91. The molecule has 0 bridgehead atoms. The van der Waals surface area contributed by atoms with Crippen molar-refractivity contribution in [2.75, 3.05) is 0 Å². The molecule has 0 heterocycles. The van der Waals surface area contributed by atoms with Gasteiger partial charge in [-0.2, -0.15) is 0 Å². The Morgan fingerprint density at radius 3 is 2.83 bits per heavy atom. The maximum Gasteiger partial charge on any atom is 0.343 e. The second-order valence-corrected chi connectivity index (χ2v) is 4.68. The van der Waals surface area contributed by atoms with E-state index in [4.69, 9.17) is 4.74 Å². The summed E-state index contributed by atoms with van der Waals surface area (Å²) in [5.41, 5.74) is 1.72. The van der Waals surface area contributed by atoms with Crippen molar-refractivity contribution in [3.8, 4) is 0 Å². The third-order valence-electron chi connectivity index (χ3n) is 3.05. The molecule has 0 saturated carbocycles. The van der Waals surface area contributed by atoms with Gasteiger partial charge in [0.15, 0.2) is 0 Å². The van der Waals surface area contributed by atoms with Gasteiger partial charge in [-0.15, -0.1) is 0 Å². The lowest BCUT2D eigenvalue weighted by Crippen LogP contribution is -2.08. The van der Waals surface area contributed by atoms with Crippen LogP contribution in [0.4, 0.5) is 0 Å². The number of ether oxygens (including phenoxy) is 1. The highest BCUT2D eigenvalue weighted by Gasteiger charge is 2.13. The lowest BCUT2D eigenvalue weighted by Gasteiger charge is -2.13. The van der Waals surface area contributed by atoms with Gasteiger partial charge in [0.05, 0.1) is 11.8 Å². The molecule has 1 aromatic carbocycles. The fourth-order valence-electron chi connectivity index (χ4n) is 2.07. The van der Waals surface area contributed by atoms with Crippen molar-refractivity contribution < 1.29 is 9.53 Å². The van der Waals surface area contributed by atoms with Gasteiger partial charge in [0.1, 0.15) is 0 Å². The largest absolute Gasteiger partial charge is 0.432 e. The summed E-state index contributed by atoms with van der Waals surface area (Å²) in [6.07, 6.45) is 5.74. The fraction of sp³-hybridized carbons (Fsp3) is 0.438. The number of carbonyl (C=O) groups excluding carboxylic acids is 1. The van der Waals surface area contributed by atoms with Crippen molar-refractivity contribution in [1.82, 2.24) is 0 Å². The summed E-state index contributed by atoms with van der Waals surface area (Å²) in [5.74, 6) is 0.269. The first-order valence-electron chi connectivity index (χ1n) is 6.58. The summed E-state index contributed by atoms with van der Waals surface area (Å²) in [6, 6.07) is 7.64. The number of rotatable bonds is 7. The van der Waals surface area contributed by atoms with Gasteiger partial charge < -0.3 is 4.74 Å². The average Bonchev–Trinajstić information content (AvgIpc) is 2.37. The number of carbonyl (C=O) groups is 1. The first-order valence-corrected chi connectivity index (χ1v) is 6.58. The molecule has 0 aliphatic heterocycles. The normalized spacial score (nSPS) is 11.9. The van der Waals surface area contributed by atoms with E-state index in [1.54, 1.807) is 0 Å². The van der Waals surface area contributed by atoms with E-state index in [-0.39, 0.29) is 5.97 Å². The Morgan fingerprint density at radius 2 is 2.17 bits per heavy atom. The Morgan fingerprint density at radius 1 is 1.44 bits per heavy atom. The van der Waals surface area contributed by atoms with Gasteiger partial charge in [-0.25, -0.2) is 4.79 Å². The minimum Gasteiger partial charge on any atom is -0.432 e. The molecule has 0 aliphatic carbocycles. The summed E-state index contributed by atoms with van der Waals surface area (Å²) >= 11 is 0. The van der Waals surface area contributed by atoms with E-state index in [1.807, 2.05) is 24.3 Å². The van der Waals surface area contributed by atoms with Gasteiger partial charge >= 0.3 is 5.97 Å². The van der Waals surface area contributed by atoms with Crippen LogP contribution in [0.15, 0.2) is 37.1 Å². The van der Waals surface area contributed by atoms with Crippen LogP contribution in [0.1, 0.15) is 49.0 Å². The molecule has 0 saturated heterocycles. The van der Waals surface area contributed by atoms with E-state index in [0.717, 1.165) is 12.0 Å². The van der Waals surface area contributed by atoms with Crippen molar-refractivity contribution in [2.24, 2.45) is 5.92 Å². The minimum atomic E-state index is -0.316. The number of unbranched alkanes of at least 4 members (excludes halogenated alkanes) is 1. The van der Waals surface area contributed by atoms with Crippen molar-refractivity contribution in [2.45, 2.75) is 39.5 Å². The summed E-state index contributed by atoms with van der Waals surface area (Å²) < 4.78 is 4.86. The Bertz CT molecular complexity index is 396. The molecular weight excluding hydrogens is 224 g/mol. The van der Waals surface area contributed by atoms with Gasteiger partial charge in [-0.05, 0) is 24.0 Å². The second-order valence-electron chi connectivity index (χ2n) is 4.68. The zero-order valence-corrected chi connectivity index (χ0v) is 11.3. The topological polar surface area (TPSA) is 26.3 Å². The smallest absolute Gasteiger partial charge is 0.343 e. The molecule has 2 nitrogen and oxygen atoms in total. The molecule has 0 aromatic heterocycles. The van der Waals surface area contributed by atoms with Gasteiger partial charge in [-0.1, -0.05) is 57.9 Å². The van der Waals surface area contributed by atoms with Gasteiger partial charge in [0, 0.05) is 0 Å². The minimum absolute atomic E-state index is 0.316. The SMILES string of the molecule is C=COC(=O)c1ccccc1CC(C)CCCC. The Kier molecular flexibility index (Phi) is 6.20. The van der Waals surface area contributed by atoms with Crippen molar-refractivity contribution >= 4 is 5.97 Å². The summed E-state index contributed by atoms with van der Waals surface area (Å²) in [4.78, 5) is 11.8. The predicted molar refractivity (Wildman–Crippen MR) is 74.4 cm³/mol. The Labute approximate surface area is 110 Å². The lowest BCUT2D eigenvalue weighted by molar-refractivity contribution is 0.0663. The maximum atomic E-state index is 11.8. The molecule has 98 valence electrons. The van der Waals surface area contributed by atoms with Crippen LogP contribution in [-0.2, 0) is 11.2 Å². The van der Waals surface area contributed by atoms with Crippen LogP contribution in [0.5, 0.6) is 0 Å². The van der Waals surface area contributed by atoms with Crippen LogP contribution >= 0.6 is 0 Å². The van der Waals surface area contributed by atoms with Crippen LogP contribution in [0, 0.1) is 5.92 Å². The molecule has 2 heteroatoms. The fourth-order valence-corrected chi connectivity index (χ4v) is 2.07. The van der Waals surface area contributed by atoms with Crippen LogP contribution in [0.3, 0.4) is 0 Å². The molecule has 0 amide bonds. The number of hydrogen-bond acceptors (Lipinski definition) is 2. The first kappa shape index (κ1) is 14.5. The number of esters is 1. The molecule has 1 unspecified atom stereocenters. The molecule has 1 aromatic rings. The van der Waals surface area contributed by atoms with Crippen molar-refractivity contribution in [3.63, 3.8) is 0 Å². The molecule has 0 spiro atoms. The second kappa shape index (κ2) is 7.70. The number of hydrogen-bond donors (Lipinski definition) is 0. The molecule has 1 rings (SSSR count). The Balaban J connectivity index is 2.75. The molecular formula is C16H22O2. The van der Waals surface area contributed by atoms with Crippen LogP contribution in [0.25, 0.3) is 0 Å². The van der Waals surface area contributed by atoms with E-state index >= 15 is 0 Å². The van der Waals surface area contributed by atoms with Crippen molar-refractivity contribution in [1.29, 1.82) is 0 Å². The summed E-state index contributed by atoms with van der Waals surface area (Å²) in [6.45, 7) is 7.84. The molecule has 0 radical (unpaired) electrons. The van der Waals surface area contributed by atoms with E-state index in [2.05, 4.69) is 20.4 Å². The summed E-state index contributed by atoms with van der Waals surface area (Å²) in [5, 5.41) is 0. The number of benzene rings is 1. The zero-order valence-electron chi connectivity index (χ0n) is 11.3. The van der Waals surface area contributed by atoms with Crippen LogP contribution in [-0.4, -0.2) is 5.97 Å². The third-order valence-corrected chi connectivity index (χ3v) is 3.05. The highest BCUT2D eigenvalue weighted by atomic mass is 16.5. The van der Waals surface area contributed by atoms with Crippen molar-refractivity contribution in [3.05, 3.63) is 48.2 Å². The molecule has 0 aliphatic rings. The summed E-state index contributed by atoms with van der Waals surface area (Å²) in [7, 11) is 0. The van der Waals surface area contributed by atoms with E-state index < -0.39 is 0 Å². The maximum absolute atomic E-state index is 11.8. The van der Waals surface area contributed by atoms with Gasteiger partial charge in [-0.3, -0.25) is 0 Å². The van der Waals surface area contributed by atoms with E-state index in [0.29, 0.717) is 11.5 Å². The zero-order chi connectivity index (χ0) is 13.4. The van der Waals surface area contributed by atoms with Gasteiger partial charge in [0.25, 0.3) is 0 Å². The van der Waals surface area contributed by atoms with E-state index in [1.165, 1.54) is 25.5 Å². The lowest BCUT2D eigenvalue weighted by atomic mass is 9.93. The molecule has 18 heavy (non-hydrogen) atoms. The van der Waals surface area contributed by atoms with Crippen LogP contribution < -0.4 is 0 Å². The highest BCUT2D eigenvalue weighted by Crippen LogP contribution is 2.18. The predicted octanol–water partition coefficient (Wildman–Crippen LogP) is 4.36.